The van der Waals surface area contributed by atoms with Gasteiger partial charge in [0.05, 0.1) is 24.6 Å². The minimum atomic E-state index is -0.471. The summed E-state index contributed by atoms with van der Waals surface area (Å²) < 4.78 is 10.6. The monoisotopic (exact) mass is 344 g/mol. The van der Waals surface area contributed by atoms with Crippen molar-refractivity contribution in [1.82, 2.24) is 5.32 Å². The van der Waals surface area contributed by atoms with Crippen molar-refractivity contribution in [2.75, 3.05) is 20.8 Å². The van der Waals surface area contributed by atoms with Crippen LogP contribution in [0.5, 0.6) is 5.75 Å². The summed E-state index contributed by atoms with van der Waals surface area (Å²) in [7, 11) is 3.17. The van der Waals surface area contributed by atoms with Crippen LogP contribution < -0.4 is 10.1 Å². The van der Waals surface area contributed by atoms with E-state index in [0.29, 0.717) is 12.1 Å². The van der Waals surface area contributed by atoms with Gasteiger partial charge in [0.1, 0.15) is 5.75 Å². The normalized spacial score (nSPS) is 11.6. The van der Waals surface area contributed by atoms with Crippen LogP contribution in [0.1, 0.15) is 17.2 Å². The summed E-state index contributed by atoms with van der Waals surface area (Å²) in [6.07, 6.45) is -0.150. The van der Waals surface area contributed by atoms with Crippen molar-refractivity contribution < 1.29 is 19.2 Å². The van der Waals surface area contributed by atoms with Crippen LogP contribution in [-0.4, -0.2) is 31.6 Å². The Balaban J connectivity index is 1.92. The maximum atomic E-state index is 12.1. The second-order valence-corrected chi connectivity index (χ2v) is 5.41. The molecule has 1 amide bonds. The summed E-state index contributed by atoms with van der Waals surface area (Å²) in [6.45, 7) is 0.315. The first kappa shape index (κ1) is 18.4. The first-order chi connectivity index (χ1) is 12.0. The summed E-state index contributed by atoms with van der Waals surface area (Å²) in [5, 5.41) is 13.4. The highest BCUT2D eigenvalue weighted by molar-refractivity contribution is 5.78. The molecule has 25 heavy (non-hydrogen) atoms. The number of nitrogens with one attached hydrogen (secondary N) is 1. The molecule has 0 radical (unpaired) electrons. The van der Waals surface area contributed by atoms with Gasteiger partial charge in [0.15, 0.2) is 0 Å². The fourth-order valence-electron chi connectivity index (χ4n) is 2.37. The molecule has 1 unspecified atom stereocenters. The summed E-state index contributed by atoms with van der Waals surface area (Å²) in [4.78, 5) is 22.2. The SMILES string of the molecule is COc1cccc(C(CNC(=O)Cc2ccc([N+](=O)[O-])cc2)OC)c1. The lowest BCUT2D eigenvalue weighted by Crippen LogP contribution is -2.30. The molecule has 0 saturated carbocycles. The lowest BCUT2D eigenvalue weighted by Gasteiger charge is -2.17. The van der Waals surface area contributed by atoms with Crippen LogP contribution in [0.25, 0.3) is 0 Å². The third kappa shape index (κ3) is 5.29. The van der Waals surface area contributed by atoms with Gasteiger partial charge in [-0.15, -0.1) is 0 Å². The molecule has 0 bridgehead atoms. The zero-order valence-corrected chi connectivity index (χ0v) is 14.1. The summed E-state index contributed by atoms with van der Waals surface area (Å²) in [5.74, 6) is 0.538. The molecular weight excluding hydrogens is 324 g/mol. The molecule has 0 heterocycles. The number of non-ortho nitro benzene ring substituents is 1. The quantitative estimate of drug-likeness (QED) is 0.587. The molecule has 2 aromatic carbocycles. The highest BCUT2D eigenvalue weighted by atomic mass is 16.6. The standard InChI is InChI=1S/C18H20N2O5/c1-24-16-5-3-4-14(11-16)17(25-2)12-19-18(21)10-13-6-8-15(9-7-13)20(22)23/h3-9,11,17H,10,12H2,1-2H3,(H,19,21). The minimum Gasteiger partial charge on any atom is -0.497 e. The van der Waals surface area contributed by atoms with Crippen molar-refractivity contribution in [1.29, 1.82) is 0 Å². The molecule has 7 heteroatoms. The third-order valence-corrected chi connectivity index (χ3v) is 3.75. The molecule has 2 rings (SSSR count). The highest BCUT2D eigenvalue weighted by Gasteiger charge is 2.13. The van der Waals surface area contributed by atoms with E-state index in [2.05, 4.69) is 5.32 Å². The van der Waals surface area contributed by atoms with Gasteiger partial charge < -0.3 is 14.8 Å². The lowest BCUT2D eigenvalue weighted by molar-refractivity contribution is -0.384. The summed E-state index contributed by atoms with van der Waals surface area (Å²) in [5.41, 5.74) is 1.61. The number of carbonyl (C=O) groups excluding carboxylic acids is 1. The van der Waals surface area contributed by atoms with Crippen LogP contribution in [0, 0.1) is 10.1 Å². The molecule has 7 nitrogen and oxygen atoms in total. The number of ether oxygens (including phenoxy) is 2. The van der Waals surface area contributed by atoms with E-state index < -0.39 is 4.92 Å². The van der Waals surface area contributed by atoms with Crippen LogP contribution in [0.3, 0.4) is 0 Å². The van der Waals surface area contributed by atoms with Gasteiger partial charge in [0.2, 0.25) is 5.91 Å². The number of methoxy groups -OCH3 is 2. The van der Waals surface area contributed by atoms with Gasteiger partial charge >= 0.3 is 0 Å². The summed E-state index contributed by atoms with van der Waals surface area (Å²) >= 11 is 0. The number of nitro benzene ring substituents is 1. The maximum Gasteiger partial charge on any atom is 0.269 e. The zero-order chi connectivity index (χ0) is 18.2. The Hall–Kier alpha value is -2.93. The van der Waals surface area contributed by atoms with Gasteiger partial charge in [0, 0.05) is 25.8 Å². The van der Waals surface area contributed by atoms with E-state index in [1.807, 2.05) is 24.3 Å². The molecule has 2 aromatic rings. The number of hydrogen-bond acceptors (Lipinski definition) is 5. The van der Waals surface area contributed by atoms with Crippen LogP contribution in [0.4, 0.5) is 5.69 Å². The van der Waals surface area contributed by atoms with E-state index in [0.717, 1.165) is 11.3 Å². The molecule has 0 saturated heterocycles. The molecule has 0 aliphatic carbocycles. The van der Waals surface area contributed by atoms with Gasteiger partial charge in [0.25, 0.3) is 5.69 Å². The van der Waals surface area contributed by atoms with Crippen LogP contribution in [0.2, 0.25) is 0 Å². The number of benzene rings is 2. The van der Waals surface area contributed by atoms with E-state index in [9.17, 15) is 14.9 Å². The maximum absolute atomic E-state index is 12.1. The topological polar surface area (TPSA) is 90.7 Å². The van der Waals surface area contributed by atoms with Crippen LogP contribution >= 0.6 is 0 Å². The van der Waals surface area contributed by atoms with E-state index in [1.54, 1.807) is 26.4 Å². The number of nitro groups is 1. The van der Waals surface area contributed by atoms with Crippen molar-refractivity contribution in [2.24, 2.45) is 0 Å². The van der Waals surface area contributed by atoms with Gasteiger partial charge in [-0.25, -0.2) is 0 Å². The molecule has 1 atom stereocenters. The molecule has 0 fully saturated rings. The van der Waals surface area contributed by atoms with Gasteiger partial charge in [-0.1, -0.05) is 24.3 Å². The predicted molar refractivity (Wildman–Crippen MR) is 92.6 cm³/mol. The highest BCUT2D eigenvalue weighted by Crippen LogP contribution is 2.21. The molecule has 0 spiro atoms. The first-order valence-corrected chi connectivity index (χ1v) is 7.70. The van der Waals surface area contributed by atoms with Crippen molar-refractivity contribution in [2.45, 2.75) is 12.5 Å². The van der Waals surface area contributed by atoms with Crippen molar-refractivity contribution in [3.8, 4) is 5.75 Å². The summed E-state index contributed by atoms with van der Waals surface area (Å²) in [6, 6.07) is 13.4. The molecule has 0 aromatic heterocycles. The second kappa shape index (κ2) is 8.79. The average Bonchev–Trinajstić information content (AvgIpc) is 2.63. The van der Waals surface area contributed by atoms with Gasteiger partial charge in [-0.2, -0.15) is 0 Å². The molecule has 132 valence electrons. The number of nitrogens with zero attached hydrogens (tertiary/aromatic N) is 1. The molecule has 1 N–H and O–H groups in total. The Morgan fingerprint density at radius 1 is 1.20 bits per heavy atom. The Kier molecular flexibility index (Phi) is 6.47. The van der Waals surface area contributed by atoms with Crippen molar-refractivity contribution in [3.05, 3.63) is 69.8 Å². The fourth-order valence-corrected chi connectivity index (χ4v) is 2.37. The average molecular weight is 344 g/mol. The predicted octanol–water partition coefficient (Wildman–Crippen LogP) is 2.65. The van der Waals surface area contributed by atoms with E-state index in [-0.39, 0.29) is 24.1 Å². The molecule has 0 aliphatic rings. The van der Waals surface area contributed by atoms with Crippen molar-refractivity contribution in [3.63, 3.8) is 0 Å². The van der Waals surface area contributed by atoms with Crippen LogP contribution in [-0.2, 0) is 16.0 Å². The number of hydrogen-bond donors (Lipinski definition) is 1. The number of amides is 1. The molecule has 0 aliphatic heterocycles. The second-order valence-electron chi connectivity index (χ2n) is 5.41. The largest absolute Gasteiger partial charge is 0.497 e. The Morgan fingerprint density at radius 3 is 2.52 bits per heavy atom. The van der Waals surface area contributed by atoms with Crippen molar-refractivity contribution >= 4 is 11.6 Å². The number of carbonyl (C=O) groups is 1. The Morgan fingerprint density at radius 2 is 1.92 bits per heavy atom. The smallest absolute Gasteiger partial charge is 0.269 e. The van der Waals surface area contributed by atoms with Crippen LogP contribution in [0.15, 0.2) is 48.5 Å². The first-order valence-electron chi connectivity index (χ1n) is 7.70. The lowest BCUT2D eigenvalue weighted by atomic mass is 10.1. The van der Waals surface area contributed by atoms with Gasteiger partial charge in [-0.05, 0) is 23.3 Å². The fraction of sp³-hybridized carbons (Fsp3) is 0.278. The third-order valence-electron chi connectivity index (χ3n) is 3.75. The van der Waals surface area contributed by atoms with Gasteiger partial charge in [-0.3, -0.25) is 14.9 Å². The molecular formula is C18H20N2O5. The van der Waals surface area contributed by atoms with E-state index in [4.69, 9.17) is 9.47 Å². The Labute approximate surface area is 145 Å². The Bertz CT molecular complexity index is 731. The number of rotatable bonds is 8. The minimum absolute atomic E-state index is 0.00151. The zero-order valence-electron chi connectivity index (χ0n) is 14.1. The van der Waals surface area contributed by atoms with E-state index >= 15 is 0 Å². The van der Waals surface area contributed by atoms with E-state index in [1.165, 1.54) is 12.1 Å².